The van der Waals surface area contributed by atoms with Crippen molar-refractivity contribution in [3.63, 3.8) is 0 Å². The Hall–Kier alpha value is -5.26. The van der Waals surface area contributed by atoms with Gasteiger partial charge in [0.2, 0.25) is 6.33 Å². The summed E-state index contributed by atoms with van der Waals surface area (Å²) in [5, 5.41) is 5.29. The molecular formula is C42H39N4Si+. The van der Waals surface area contributed by atoms with E-state index in [2.05, 4.69) is 187 Å². The van der Waals surface area contributed by atoms with Crippen molar-refractivity contribution in [2.45, 2.75) is 39.4 Å². The van der Waals surface area contributed by atoms with E-state index in [0.717, 1.165) is 11.4 Å². The van der Waals surface area contributed by atoms with Gasteiger partial charge in [0.15, 0.2) is 11.0 Å². The van der Waals surface area contributed by atoms with Crippen molar-refractivity contribution in [2.24, 2.45) is 0 Å². The normalized spacial score (nSPS) is 12.4. The summed E-state index contributed by atoms with van der Waals surface area (Å²) in [4.78, 5) is 4.92. The Morgan fingerprint density at radius 2 is 1.30 bits per heavy atom. The molecule has 5 heteroatoms. The van der Waals surface area contributed by atoms with Crippen LogP contribution in [-0.2, 0) is 5.54 Å². The molecule has 0 aliphatic carbocycles. The molecule has 0 saturated heterocycles. The zero-order valence-electron chi connectivity index (χ0n) is 27.6. The fourth-order valence-electron chi connectivity index (χ4n) is 7.02. The van der Waals surface area contributed by atoms with Crippen LogP contribution >= 0.6 is 0 Å². The monoisotopic (exact) mass is 627 g/mol. The number of hydrogen-bond donors (Lipinski definition) is 0. The highest BCUT2D eigenvalue weighted by atomic mass is 28.3. The molecule has 5 aromatic carbocycles. The number of hydrogen-bond acceptors (Lipinski definition) is 1. The topological polar surface area (TPSA) is 26.6 Å². The van der Waals surface area contributed by atoms with Crippen molar-refractivity contribution in [1.29, 1.82) is 0 Å². The molecular weight excluding hydrogens is 589 g/mol. The zero-order chi connectivity index (χ0) is 32.3. The molecule has 4 nitrogen and oxygen atoms in total. The van der Waals surface area contributed by atoms with Crippen LogP contribution in [0.3, 0.4) is 0 Å². The van der Waals surface area contributed by atoms with Crippen LogP contribution in [0.1, 0.15) is 20.8 Å². The zero-order valence-corrected chi connectivity index (χ0v) is 28.6. The largest absolute Gasteiger partial charge is 0.294 e. The van der Waals surface area contributed by atoms with Crippen LogP contribution in [0.15, 0.2) is 146 Å². The molecule has 3 aromatic heterocycles. The van der Waals surface area contributed by atoms with Crippen LogP contribution < -0.4 is 14.9 Å². The van der Waals surface area contributed by atoms with Gasteiger partial charge in [0.25, 0.3) is 0 Å². The van der Waals surface area contributed by atoms with E-state index in [1.165, 1.54) is 54.5 Å². The molecule has 0 unspecified atom stereocenters. The Morgan fingerprint density at radius 3 is 2.11 bits per heavy atom. The first kappa shape index (κ1) is 29.2. The Bertz CT molecular complexity index is 2430. The second-order valence-corrected chi connectivity index (χ2v) is 18.4. The Kier molecular flexibility index (Phi) is 6.78. The van der Waals surface area contributed by atoms with Gasteiger partial charge in [-0.1, -0.05) is 108 Å². The van der Waals surface area contributed by atoms with Crippen molar-refractivity contribution in [2.75, 3.05) is 0 Å². The second-order valence-electron chi connectivity index (χ2n) is 14.0. The summed E-state index contributed by atoms with van der Waals surface area (Å²) in [7, 11) is -2.12. The maximum absolute atomic E-state index is 4.92. The summed E-state index contributed by atoms with van der Waals surface area (Å²) < 4.78 is 7.07. The minimum atomic E-state index is -2.12. The first-order valence-electron chi connectivity index (χ1n) is 16.4. The smallest absolute Gasteiger partial charge is 0.250 e. The van der Waals surface area contributed by atoms with E-state index < -0.39 is 8.07 Å². The lowest BCUT2D eigenvalue weighted by atomic mass is 10.1. The molecule has 230 valence electrons. The van der Waals surface area contributed by atoms with Crippen LogP contribution in [0.5, 0.6) is 0 Å². The number of pyridine rings is 1. The molecule has 3 heterocycles. The third-order valence-corrected chi connectivity index (χ3v) is 13.2. The lowest BCUT2D eigenvalue weighted by molar-refractivity contribution is -0.731. The molecule has 0 saturated carbocycles. The average molecular weight is 628 g/mol. The maximum Gasteiger partial charge on any atom is 0.250 e. The van der Waals surface area contributed by atoms with E-state index in [1.54, 1.807) is 0 Å². The predicted molar refractivity (Wildman–Crippen MR) is 199 cm³/mol. The molecule has 0 bridgehead atoms. The van der Waals surface area contributed by atoms with Crippen LogP contribution in [0, 0.1) is 0 Å². The van der Waals surface area contributed by atoms with Crippen molar-refractivity contribution in [3.05, 3.63) is 146 Å². The van der Waals surface area contributed by atoms with Gasteiger partial charge in [-0.05, 0) is 80.4 Å². The standard InChI is InChI=1S/C42H39N4Si/c1-42(2,3)45-29-44(38-20-11-12-21-39(38)45)32-16-13-17-33(27-32)47(4,5)34-22-23-36-35-18-9-10-19-37(35)46(40(36)28-34)41-26-31(24-25-43-41)30-14-7-6-8-15-30/h6-29H,1-5H3/q+1. The number of imidazole rings is 1. The molecule has 0 fully saturated rings. The van der Waals surface area contributed by atoms with Crippen LogP contribution in [-0.4, -0.2) is 22.2 Å². The minimum Gasteiger partial charge on any atom is -0.294 e. The van der Waals surface area contributed by atoms with Crippen molar-refractivity contribution >= 4 is 51.3 Å². The van der Waals surface area contributed by atoms with Gasteiger partial charge < -0.3 is 0 Å². The predicted octanol–water partition coefficient (Wildman–Crippen LogP) is 8.65. The SMILES string of the molecule is CC(C)(C)[n+]1cn(-c2cccc([Si](C)(C)c3ccc4c5ccccc5n(-c5cc(-c6ccccc6)ccn5)c4c3)c2)c2ccccc21. The van der Waals surface area contributed by atoms with Crippen molar-refractivity contribution < 1.29 is 4.57 Å². The van der Waals surface area contributed by atoms with Gasteiger partial charge in [0, 0.05) is 17.0 Å². The molecule has 8 rings (SSSR count). The second kappa shape index (κ2) is 10.9. The van der Waals surface area contributed by atoms with Gasteiger partial charge in [0.05, 0.1) is 11.0 Å². The van der Waals surface area contributed by atoms with Crippen LogP contribution in [0.25, 0.3) is 55.5 Å². The van der Waals surface area contributed by atoms with E-state index in [-0.39, 0.29) is 5.54 Å². The average Bonchev–Trinajstić information content (AvgIpc) is 3.65. The molecule has 8 aromatic rings. The highest BCUT2D eigenvalue weighted by Crippen LogP contribution is 2.32. The number of fused-ring (bicyclic) bond motifs is 4. The number of aromatic nitrogens is 4. The molecule has 0 radical (unpaired) electrons. The molecule has 0 aliphatic heterocycles. The molecule has 0 amide bonds. The van der Waals surface area contributed by atoms with Gasteiger partial charge in [0.1, 0.15) is 25.1 Å². The Labute approximate surface area is 277 Å². The lowest BCUT2D eigenvalue weighted by Crippen LogP contribution is -2.53. The highest BCUT2D eigenvalue weighted by molar-refractivity contribution is 7.00. The van der Waals surface area contributed by atoms with Gasteiger partial charge in [-0.3, -0.25) is 4.57 Å². The first-order valence-corrected chi connectivity index (χ1v) is 19.4. The Balaban J connectivity index is 1.27. The number of benzene rings is 5. The van der Waals surface area contributed by atoms with Crippen LogP contribution in [0.2, 0.25) is 13.1 Å². The highest BCUT2D eigenvalue weighted by Gasteiger charge is 2.30. The van der Waals surface area contributed by atoms with E-state index in [4.69, 9.17) is 4.98 Å². The van der Waals surface area contributed by atoms with E-state index in [1.807, 2.05) is 6.20 Å². The van der Waals surface area contributed by atoms with Gasteiger partial charge in [-0.25, -0.2) is 9.55 Å². The minimum absolute atomic E-state index is 0.0280. The van der Waals surface area contributed by atoms with Gasteiger partial charge in [-0.15, -0.1) is 0 Å². The number of para-hydroxylation sites is 3. The fraction of sp³-hybridized carbons (Fsp3) is 0.143. The molecule has 0 spiro atoms. The quantitative estimate of drug-likeness (QED) is 0.139. The fourth-order valence-corrected chi connectivity index (χ4v) is 9.37. The van der Waals surface area contributed by atoms with E-state index >= 15 is 0 Å². The van der Waals surface area contributed by atoms with Crippen molar-refractivity contribution in [1.82, 2.24) is 14.1 Å². The summed E-state index contributed by atoms with van der Waals surface area (Å²) in [5.41, 5.74) is 8.34. The number of rotatable bonds is 5. The summed E-state index contributed by atoms with van der Waals surface area (Å²) in [6.45, 7) is 11.7. The van der Waals surface area contributed by atoms with E-state index in [9.17, 15) is 0 Å². The van der Waals surface area contributed by atoms with E-state index in [0.29, 0.717) is 0 Å². The van der Waals surface area contributed by atoms with Gasteiger partial charge >= 0.3 is 0 Å². The molecule has 0 aliphatic rings. The third kappa shape index (κ3) is 4.90. The molecule has 0 N–H and O–H groups in total. The van der Waals surface area contributed by atoms with Crippen LogP contribution in [0.4, 0.5) is 0 Å². The lowest BCUT2D eigenvalue weighted by Gasteiger charge is -2.24. The summed E-state index contributed by atoms with van der Waals surface area (Å²) in [6, 6.07) is 48.6. The summed E-state index contributed by atoms with van der Waals surface area (Å²) in [6.07, 6.45) is 4.19. The molecule has 0 atom stereocenters. The number of nitrogens with zero attached hydrogens (tertiary/aromatic N) is 4. The van der Waals surface area contributed by atoms with Gasteiger partial charge in [-0.2, -0.15) is 4.57 Å². The van der Waals surface area contributed by atoms with Crippen molar-refractivity contribution in [3.8, 4) is 22.6 Å². The maximum atomic E-state index is 4.92. The third-order valence-electron chi connectivity index (χ3n) is 9.68. The summed E-state index contributed by atoms with van der Waals surface area (Å²) in [5.74, 6) is 0.933. The first-order chi connectivity index (χ1) is 22.7. The Morgan fingerprint density at radius 1 is 0.596 bits per heavy atom. The molecule has 47 heavy (non-hydrogen) atoms. The summed E-state index contributed by atoms with van der Waals surface area (Å²) >= 11 is 0.